The number of hydrogen-bond donors (Lipinski definition) is 1. The van der Waals surface area contributed by atoms with E-state index in [4.69, 9.17) is 19.2 Å². The molecule has 0 aliphatic carbocycles. The van der Waals surface area contributed by atoms with E-state index in [2.05, 4.69) is 47.8 Å². The lowest BCUT2D eigenvalue weighted by Crippen LogP contribution is -1.99. The molecule has 1 N–H and O–H groups in total. The zero-order valence-electron chi connectivity index (χ0n) is 17.0. The van der Waals surface area contributed by atoms with Crippen LogP contribution in [0.2, 0.25) is 0 Å². The van der Waals surface area contributed by atoms with E-state index in [1.807, 2.05) is 17.5 Å². The van der Waals surface area contributed by atoms with Gasteiger partial charge in [0, 0.05) is 17.5 Å². The molecule has 0 radical (unpaired) electrons. The fourth-order valence-electron chi connectivity index (χ4n) is 3.33. The molecule has 0 saturated heterocycles. The average Bonchev–Trinajstić information content (AvgIpc) is 3.25. The lowest BCUT2D eigenvalue weighted by Gasteiger charge is -2.13. The summed E-state index contributed by atoms with van der Waals surface area (Å²) in [7, 11) is 4.82. The Hall–Kier alpha value is -2.77. The number of halogens is 1. The summed E-state index contributed by atoms with van der Waals surface area (Å²) in [6.45, 7) is 0.712. The van der Waals surface area contributed by atoms with Crippen molar-refractivity contribution in [1.82, 2.24) is 4.98 Å². The first-order valence-electron chi connectivity index (χ1n) is 9.20. The Kier molecular flexibility index (Phi) is 7.18. The smallest absolute Gasteiger partial charge is 0.203 e. The van der Waals surface area contributed by atoms with Crippen LogP contribution >= 0.6 is 28.3 Å². The molecule has 156 valence electrons. The van der Waals surface area contributed by atoms with Crippen LogP contribution in [0.15, 0.2) is 60.0 Å². The molecule has 7 heteroatoms. The van der Waals surface area contributed by atoms with Gasteiger partial charge in [-0.1, -0.05) is 42.5 Å². The number of ether oxygens (including phenoxy) is 3. The maximum Gasteiger partial charge on any atom is 0.203 e. The summed E-state index contributed by atoms with van der Waals surface area (Å²) in [5, 5.41) is 8.82. The lowest BCUT2D eigenvalue weighted by atomic mass is 10.0. The molecule has 0 bridgehead atoms. The quantitative estimate of drug-likeness (QED) is 0.338. The summed E-state index contributed by atoms with van der Waals surface area (Å²) in [5.41, 5.74) is 3.01. The predicted molar refractivity (Wildman–Crippen MR) is 129 cm³/mol. The molecular formula is C23H23BrN2O3S. The fourth-order valence-corrected chi connectivity index (χ4v) is 4.05. The van der Waals surface area contributed by atoms with Gasteiger partial charge in [0.05, 0.1) is 27.0 Å². The third-order valence-corrected chi connectivity index (χ3v) is 5.57. The molecule has 4 rings (SSSR count). The van der Waals surface area contributed by atoms with E-state index in [1.165, 1.54) is 16.3 Å². The standard InChI is InChI=1S/C23H22N2O3S.BrH/c1-26-20-11-17(12-21(27-2)22(20)28-3)19-14-29-23(25-19)24-13-16-9-6-8-15-7-4-5-10-18(15)16;/h4-12,14H,13H2,1-3H3,(H,24,25);1H. The topological polar surface area (TPSA) is 52.6 Å². The third kappa shape index (κ3) is 4.37. The lowest BCUT2D eigenvalue weighted by molar-refractivity contribution is 0.324. The molecule has 0 amide bonds. The average molecular weight is 487 g/mol. The van der Waals surface area contributed by atoms with Gasteiger partial charge < -0.3 is 19.5 Å². The number of thiazole rings is 1. The SMILES string of the molecule is Br.COc1cc(-c2csc(NCc3cccc4ccccc34)n2)cc(OC)c1OC. The zero-order valence-corrected chi connectivity index (χ0v) is 19.5. The van der Waals surface area contributed by atoms with Crippen molar-refractivity contribution in [3.8, 4) is 28.5 Å². The van der Waals surface area contributed by atoms with Crippen molar-refractivity contribution in [3.05, 3.63) is 65.5 Å². The minimum absolute atomic E-state index is 0. The van der Waals surface area contributed by atoms with E-state index < -0.39 is 0 Å². The maximum absolute atomic E-state index is 5.45. The molecule has 0 unspecified atom stereocenters. The van der Waals surface area contributed by atoms with Crippen LogP contribution in [0.1, 0.15) is 5.56 Å². The fraction of sp³-hybridized carbons (Fsp3) is 0.174. The van der Waals surface area contributed by atoms with Gasteiger partial charge in [-0.3, -0.25) is 0 Å². The van der Waals surface area contributed by atoms with Gasteiger partial charge in [0.25, 0.3) is 0 Å². The normalized spacial score (nSPS) is 10.4. The van der Waals surface area contributed by atoms with Gasteiger partial charge in [0.1, 0.15) is 0 Å². The van der Waals surface area contributed by atoms with Crippen LogP contribution in [0.5, 0.6) is 17.2 Å². The molecule has 1 aromatic heterocycles. The molecule has 0 saturated carbocycles. The van der Waals surface area contributed by atoms with Crippen molar-refractivity contribution in [2.24, 2.45) is 0 Å². The van der Waals surface area contributed by atoms with Crippen LogP contribution in [0, 0.1) is 0 Å². The maximum atomic E-state index is 5.45. The van der Waals surface area contributed by atoms with Gasteiger partial charge in [0.2, 0.25) is 5.75 Å². The van der Waals surface area contributed by atoms with E-state index in [0.717, 1.165) is 16.4 Å². The summed E-state index contributed by atoms with van der Waals surface area (Å²) >= 11 is 1.57. The van der Waals surface area contributed by atoms with Crippen molar-refractivity contribution in [2.45, 2.75) is 6.54 Å². The first kappa shape index (κ1) is 21.9. The number of anilines is 1. The summed E-state index contributed by atoms with van der Waals surface area (Å²) in [6, 6.07) is 18.6. The number of fused-ring (bicyclic) bond motifs is 1. The monoisotopic (exact) mass is 486 g/mol. The van der Waals surface area contributed by atoms with Crippen molar-refractivity contribution in [1.29, 1.82) is 0 Å². The van der Waals surface area contributed by atoms with Crippen molar-refractivity contribution in [3.63, 3.8) is 0 Å². The van der Waals surface area contributed by atoms with E-state index in [0.29, 0.717) is 23.8 Å². The van der Waals surface area contributed by atoms with E-state index in [9.17, 15) is 0 Å². The van der Waals surface area contributed by atoms with Crippen molar-refractivity contribution >= 4 is 44.2 Å². The number of aromatic nitrogens is 1. The summed E-state index contributed by atoms with van der Waals surface area (Å²) in [4.78, 5) is 4.74. The second kappa shape index (κ2) is 9.82. The molecule has 0 aliphatic rings. The van der Waals surface area contributed by atoms with E-state index in [-0.39, 0.29) is 17.0 Å². The number of benzene rings is 3. The number of hydrogen-bond acceptors (Lipinski definition) is 6. The van der Waals surface area contributed by atoms with Crippen LogP contribution in [-0.4, -0.2) is 26.3 Å². The second-order valence-corrected chi connectivity index (χ2v) is 7.30. The van der Waals surface area contributed by atoms with Gasteiger partial charge in [-0.25, -0.2) is 4.98 Å². The van der Waals surface area contributed by atoms with Crippen molar-refractivity contribution in [2.75, 3.05) is 26.6 Å². The second-order valence-electron chi connectivity index (χ2n) is 6.44. The molecule has 4 aromatic rings. The Balaban J connectivity index is 0.00000256. The molecule has 0 fully saturated rings. The third-order valence-electron chi connectivity index (χ3n) is 4.77. The van der Waals surface area contributed by atoms with Gasteiger partial charge in [0.15, 0.2) is 16.6 Å². The number of nitrogens with one attached hydrogen (secondary N) is 1. The Morgan fingerprint density at radius 3 is 2.30 bits per heavy atom. The molecule has 1 heterocycles. The van der Waals surface area contributed by atoms with Crippen LogP contribution in [0.3, 0.4) is 0 Å². The first-order chi connectivity index (χ1) is 14.2. The highest BCUT2D eigenvalue weighted by atomic mass is 79.9. The van der Waals surface area contributed by atoms with Crippen LogP contribution in [0.4, 0.5) is 5.13 Å². The Morgan fingerprint density at radius 1 is 0.900 bits per heavy atom. The minimum atomic E-state index is 0. The Morgan fingerprint density at radius 2 is 1.60 bits per heavy atom. The van der Waals surface area contributed by atoms with Crippen LogP contribution in [-0.2, 0) is 6.54 Å². The molecule has 3 aromatic carbocycles. The van der Waals surface area contributed by atoms with Gasteiger partial charge >= 0.3 is 0 Å². The molecule has 0 atom stereocenters. The molecule has 0 spiro atoms. The number of rotatable bonds is 7. The van der Waals surface area contributed by atoms with E-state index >= 15 is 0 Å². The molecule has 30 heavy (non-hydrogen) atoms. The first-order valence-corrected chi connectivity index (χ1v) is 10.1. The number of methoxy groups -OCH3 is 3. The van der Waals surface area contributed by atoms with Gasteiger partial charge in [-0.2, -0.15) is 0 Å². The number of nitrogens with zero attached hydrogens (tertiary/aromatic N) is 1. The van der Waals surface area contributed by atoms with Gasteiger partial charge in [-0.05, 0) is 28.5 Å². The highest BCUT2D eigenvalue weighted by Gasteiger charge is 2.15. The highest BCUT2D eigenvalue weighted by Crippen LogP contribution is 2.41. The largest absolute Gasteiger partial charge is 0.493 e. The Labute approximate surface area is 190 Å². The minimum Gasteiger partial charge on any atom is -0.493 e. The van der Waals surface area contributed by atoms with E-state index in [1.54, 1.807) is 32.7 Å². The molecule has 5 nitrogen and oxygen atoms in total. The van der Waals surface area contributed by atoms with Crippen LogP contribution < -0.4 is 19.5 Å². The summed E-state index contributed by atoms with van der Waals surface area (Å²) in [6.07, 6.45) is 0. The van der Waals surface area contributed by atoms with Gasteiger partial charge in [-0.15, -0.1) is 28.3 Å². The summed E-state index contributed by atoms with van der Waals surface area (Å²) < 4.78 is 16.3. The van der Waals surface area contributed by atoms with Crippen LogP contribution in [0.25, 0.3) is 22.0 Å². The zero-order chi connectivity index (χ0) is 20.2. The summed E-state index contributed by atoms with van der Waals surface area (Å²) in [5.74, 6) is 1.79. The van der Waals surface area contributed by atoms with Crippen molar-refractivity contribution < 1.29 is 14.2 Å². The molecule has 0 aliphatic heterocycles. The molecular weight excluding hydrogens is 464 g/mol. The predicted octanol–water partition coefficient (Wildman–Crippen LogP) is 6.18. The highest BCUT2D eigenvalue weighted by molar-refractivity contribution is 8.93. The Bertz CT molecular complexity index is 1120.